The number of rotatable bonds is 7. The zero-order chi connectivity index (χ0) is 21.5. The first-order valence-electron chi connectivity index (χ1n) is 9.08. The van der Waals surface area contributed by atoms with Crippen molar-refractivity contribution >= 4 is 28.8 Å². The molecule has 0 saturated carbocycles. The van der Waals surface area contributed by atoms with E-state index in [1.807, 2.05) is 36.4 Å². The average Bonchev–Trinajstić information content (AvgIpc) is 2.79. The number of nitrogens with one attached hydrogen (secondary N) is 1. The maximum absolute atomic E-state index is 13.0. The Morgan fingerprint density at radius 1 is 0.833 bits per heavy atom. The molecule has 3 N–H and O–H groups in total. The lowest BCUT2D eigenvalue weighted by molar-refractivity contribution is 0.103. The maximum Gasteiger partial charge on any atom is 0.193 e. The molecule has 0 saturated heterocycles. The van der Waals surface area contributed by atoms with Crippen LogP contribution in [0.3, 0.4) is 0 Å². The molecule has 3 aromatic rings. The summed E-state index contributed by atoms with van der Waals surface area (Å²) in [5.41, 5.74) is 11.4. The number of hydrogen-bond acceptors (Lipinski definition) is 5. The van der Waals surface area contributed by atoms with Crippen molar-refractivity contribution in [2.45, 2.75) is 0 Å². The van der Waals surface area contributed by atoms with Crippen molar-refractivity contribution < 1.29 is 14.3 Å². The Kier molecular flexibility index (Phi) is 6.77. The van der Waals surface area contributed by atoms with Crippen LogP contribution in [0.5, 0.6) is 11.5 Å². The zero-order valence-corrected chi connectivity index (χ0v) is 17.4. The molecule has 152 valence electrons. The van der Waals surface area contributed by atoms with Gasteiger partial charge >= 0.3 is 0 Å². The van der Waals surface area contributed by atoms with Gasteiger partial charge in [0.05, 0.1) is 19.9 Å². The van der Waals surface area contributed by atoms with Crippen molar-refractivity contribution in [3.63, 3.8) is 0 Å². The third kappa shape index (κ3) is 5.01. The van der Waals surface area contributed by atoms with Crippen molar-refractivity contribution in [1.82, 2.24) is 5.43 Å². The van der Waals surface area contributed by atoms with Crippen LogP contribution in [0.25, 0.3) is 0 Å². The Morgan fingerprint density at radius 2 is 1.37 bits per heavy atom. The number of methoxy groups -OCH3 is 2. The van der Waals surface area contributed by atoms with Gasteiger partial charge in [0.15, 0.2) is 10.9 Å². The van der Waals surface area contributed by atoms with Crippen molar-refractivity contribution in [1.29, 1.82) is 0 Å². The summed E-state index contributed by atoms with van der Waals surface area (Å²) in [5, 5.41) is 4.39. The van der Waals surface area contributed by atoms with Crippen LogP contribution in [0, 0.1) is 0 Å². The molecule has 0 aliphatic rings. The van der Waals surface area contributed by atoms with E-state index < -0.39 is 0 Å². The van der Waals surface area contributed by atoms with Crippen molar-refractivity contribution in [3.8, 4) is 11.5 Å². The smallest absolute Gasteiger partial charge is 0.193 e. The number of ether oxygens (including phenoxy) is 2. The highest BCUT2D eigenvalue weighted by Gasteiger charge is 2.13. The monoisotopic (exact) mass is 419 g/mol. The summed E-state index contributed by atoms with van der Waals surface area (Å²) in [4.78, 5) is 13.0. The molecule has 6 nitrogen and oxygen atoms in total. The largest absolute Gasteiger partial charge is 0.497 e. The lowest BCUT2D eigenvalue weighted by Crippen LogP contribution is -2.26. The van der Waals surface area contributed by atoms with Crippen LogP contribution in [-0.4, -0.2) is 30.8 Å². The Morgan fingerprint density at radius 3 is 1.90 bits per heavy atom. The highest BCUT2D eigenvalue weighted by atomic mass is 32.1. The second kappa shape index (κ2) is 9.67. The molecule has 3 rings (SSSR count). The van der Waals surface area contributed by atoms with Crippen LogP contribution in [0.1, 0.15) is 27.0 Å². The molecule has 0 amide bonds. The summed E-state index contributed by atoms with van der Waals surface area (Å²) < 4.78 is 10.4. The molecule has 0 aliphatic heterocycles. The second-order valence-corrected chi connectivity index (χ2v) is 6.74. The summed E-state index contributed by atoms with van der Waals surface area (Å²) in [5.74, 6) is 1.32. The lowest BCUT2D eigenvalue weighted by atomic mass is 9.97. The standard InChI is InChI=1S/C23H21N3O3S/c1-28-19-10-6-15(7-11-19)21(25-26-23(24)30)17-4-3-5-18(14-17)22(27)16-8-12-20(29-2)13-9-16/h3-14H,1-2H3,(H3,24,26,30)/b25-21+. The maximum atomic E-state index is 13.0. The van der Waals surface area contributed by atoms with Crippen LogP contribution < -0.4 is 20.6 Å². The topological polar surface area (TPSA) is 85.9 Å². The first-order valence-corrected chi connectivity index (χ1v) is 9.49. The fourth-order valence-corrected chi connectivity index (χ4v) is 2.92. The molecule has 0 aliphatic carbocycles. The van der Waals surface area contributed by atoms with Crippen molar-refractivity contribution in [2.24, 2.45) is 10.8 Å². The SMILES string of the molecule is COc1ccc(C(=O)c2cccc(/C(=N/NC(N)=S)c3ccc(OC)cc3)c2)cc1. The lowest BCUT2D eigenvalue weighted by Gasteiger charge is -2.10. The van der Waals surface area contributed by atoms with Crippen LogP contribution in [0.4, 0.5) is 0 Å². The van der Waals surface area contributed by atoms with Crippen molar-refractivity contribution in [3.05, 3.63) is 95.1 Å². The van der Waals surface area contributed by atoms with E-state index in [2.05, 4.69) is 10.5 Å². The average molecular weight is 420 g/mol. The Balaban J connectivity index is 1.98. The number of ketones is 1. The third-order valence-corrected chi connectivity index (χ3v) is 4.48. The highest BCUT2D eigenvalue weighted by molar-refractivity contribution is 7.80. The number of hydrogen-bond donors (Lipinski definition) is 2. The molecule has 0 radical (unpaired) electrons. The van der Waals surface area contributed by atoms with E-state index in [9.17, 15) is 4.79 Å². The molecular formula is C23H21N3O3S. The molecule has 0 unspecified atom stereocenters. The molecule has 0 heterocycles. The Labute approximate surface area is 180 Å². The molecular weight excluding hydrogens is 398 g/mol. The predicted molar refractivity (Wildman–Crippen MR) is 121 cm³/mol. The van der Waals surface area contributed by atoms with Gasteiger partial charge in [0, 0.05) is 22.3 Å². The quantitative estimate of drug-likeness (QED) is 0.264. The van der Waals surface area contributed by atoms with Crippen LogP contribution in [-0.2, 0) is 0 Å². The van der Waals surface area contributed by atoms with Crippen LogP contribution in [0.2, 0.25) is 0 Å². The summed E-state index contributed by atoms with van der Waals surface area (Å²) in [6.07, 6.45) is 0. The fourth-order valence-electron chi connectivity index (χ4n) is 2.87. The van der Waals surface area contributed by atoms with Gasteiger partial charge in [-0.2, -0.15) is 5.10 Å². The van der Waals surface area contributed by atoms with Gasteiger partial charge in [-0.25, -0.2) is 0 Å². The number of nitrogens with zero attached hydrogens (tertiary/aromatic N) is 1. The number of nitrogens with two attached hydrogens (primary N) is 1. The van der Waals surface area contributed by atoms with Crippen molar-refractivity contribution in [2.75, 3.05) is 14.2 Å². The van der Waals surface area contributed by atoms with Gasteiger partial charge in [0.25, 0.3) is 0 Å². The minimum absolute atomic E-state index is 0.0477. The summed E-state index contributed by atoms with van der Waals surface area (Å²) >= 11 is 4.88. The van der Waals surface area contributed by atoms with Gasteiger partial charge in [-0.3, -0.25) is 10.2 Å². The van der Waals surface area contributed by atoms with Gasteiger partial charge < -0.3 is 15.2 Å². The van der Waals surface area contributed by atoms with E-state index in [1.165, 1.54) is 0 Å². The molecule has 0 bridgehead atoms. The first-order chi connectivity index (χ1) is 14.5. The molecule has 0 fully saturated rings. The number of hydrazone groups is 1. The van der Waals surface area contributed by atoms with Gasteiger partial charge in [-0.05, 0) is 66.8 Å². The number of carbonyl (C=O) groups excluding carboxylic acids is 1. The summed E-state index contributed by atoms with van der Waals surface area (Å²) in [6, 6.07) is 21.6. The van der Waals surface area contributed by atoms with Crippen LogP contribution >= 0.6 is 12.2 Å². The van der Waals surface area contributed by atoms with Gasteiger partial charge in [-0.15, -0.1) is 0 Å². The molecule has 0 spiro atoms. The number of thiocarbonyl (C=S) groups is 1. The minimum Gasteiger partial charge on any atom is -0.497 e. The Bertz CT molecular complexity index is 1080. The third-order valence-electron chi connectivity index (χ3n) is 4.39. The fraction of sp³-hybridized carbons (Fsp3) is 0.0870. The zero-order valence-electron chi connectivity index (χ0n) is 16.6. The number of benzene rings is 3. The molecule has 3 aromatic carbocycles. The predicted octanol–water partition coefficient (Wildman–Crippen LogP) is 3.52. The second-order valence-electron chi connectivity index (χ2n) is 6.30. The summed E-state index contributed by atoms with van der Waals surface area (Å²) in [6.45, 7) is 0. The Hall–Kier alpha value is -3.71. The van der Waals surface area contributed by atoms with Gasteiger partial charge in [0.1, 0.15) is 11.5 Å². The van der Waals surface area contributed by atoms with E-state index in [0.717, 1.165) is 16.9 Å². The molecule has 0 aromatic heterocycles. The summed E-state index contributed by atoms with van der Waals surface area (Å²) in [7, 11) is 3.19. The highest BCUT2D eigenvalue weighted by Crippen LogP contribution is 2.19. The van der Waals surface area contributed by atoms with Gasteiger partial charge in [0.2, 0.25) is 0 Å². The molecule has 30 heavy (non-hydrogen) atoms. The minimum atomic E-state index is -0.101. The van der Waals surface area contributed by atoms with Crippen LogP contribution in [0.15, 0.2) is 77.9 Å². The van der Waals surface area contributed by atoms with E-state index in [4.69, 9.17) is 27.4 Å². The number of carbonyl (C=O) groups is 1. The van der Waals surface area contributed by atoms with E-state index in [0.29, 0.717) is 22.6 Å². The van der Waals surface area contributed by atoms with E-state index in [-0.39, 0.29) is 10.9 Å². The normalized spacial score (nSPS) is 10.9. The van der Waals surface area contributed by atoms with E-state index in [1.54, 1.807) is 50.6 Å². The molecule has 0 atom stereocenters. The first kappa shape index (κ1) is 21.0. The van der Waals surface area contributed by atoms with E-state index >= 15 is 0 Å². The van der Waals surface area contributed by atoms with Gasteiger partial charge in [-0.1, -0.05) is 18.2 Å². The molecule has 7 heteroatoms.